The van der Waals surface area contributed by atoms with Gasteiger partial charge in [0.05, 0.1) is 17.3 Å². The summed E-state index contributed by atoms with van der Waals surface area (Å²) < 4.78 is 1.70. The first-order valence-corrected chi connectivity index (χ1v) is 9.36. The number of nitrogens with zero attached hydrogens (tertiary/aromatic N) is 3. The number of likely N-dealkylation sites (tertiary alicyclic amines) is 1. The molecule has 0 spiro atoms. The molecule has 2 fully saturated rings. The van der Waals surface area contributed by atoms with Gasteiger partial charge in [-0.25, -0.2) is 0 Å². The molecule has 3 heterocycles. The van der Waals surface area contributed by atoms with Gasteiger partial charge in [-0.2, -0.15) is 5.10 Å². The highest BCUT2D eigenvalue weighted by atomic mass is 35.5. The van der Waals surface area contributed by atoms with Crippen molar-refractivity contribution in [3.8, 4) is 0 Å². The monoisotopic (exact) mass is 354 g/mol. The van der Waals surface area contributed by atoms with E-state index in [0.717, 1.165) is 51.9 Å². The molecule has 2 saturated heterocycles. The second-order valence-corrected chi connectivity index (χ2v) is 7.40. The van der Waals surface area contributed by atoms with E-state index in [1.165, 1.54) is 0 Å². The zero-order valence-corrected chi connectivity index (χ0v) is 14.8. The Kier molecular flexibility index (Phi) is 6.14. The Morgan fingerprint density at radius 2 is 1.96 bits per heavy atom. The lowest BCUT2D eigenvalue weighted by Gasteiger charge is -2.38. The Morgan fingerprint density at radius 3 is 2.58 bits per heavy atom. The second kappa shape index (κ2) is 8.32. The third-order valence-corrected chi connectivity index (χ3v) is 5.59. The highest BCUT2D eigenvalue weighted by Crippen LogP contribution is 2.29. The predicted octanol–water partition coefficient (Wildman–Crippen LogP) is 1.53. The third kappa shape index (κ3) is 4.49. The highest BCUT2D eigenvalue weighted by Gasteiger charge is 2.32. The molecule has 1 aromatic heterocycles. The molecular formula is C17H27ClN4O2. The fourth-order valence-electron chi connectivity index (χ4n) is 3.89. The summed E-state index contributed by atoms with van der Waals surface area (Å²) in [6.45, 7) is 4.09. The molecule has 6 nitrogen and oxygen atoms in total. The highest BCUT2D eigenvalue weighted by molar-refractivity contribution is 6.30. The topological polar surface area (TPSA) is 70.4 Å². The molecule has 1 amide bonds. The van der Waals surface area contributed by atoms with E-state index in [1.54, 1.807) is 17.1 Å². The molecule has 7 heteroatoms. The maximum absolute atomic E-state index is 12.3. The summed E-state index contributed by atoms with van der Waals surface area (Å²) in [7, 11) is 0. The first kappa shape index (κ1) is 17.7. The van der Waals surface area contributed by atoms with Crippen molar-refractivity contribution in [1.82, 2.24) is 20.0 Å². The van der Waals surface area contributed by atoms with Crippen molar-refractivity contribution in [1.29, 1.82) is 0 Å². The van der Waals surface area contributed by atoms with Crippen LogP contribution >= 0.6 is 11.6 Å². The van der Waals surface area contributed by atoms with Crippen molar-refractivity contribution in [2.75, 3.05) is 26.2 Å². The summed E-state index contributed by atoms with van der Waals surface area (Å²) in [5.74, 6) is 0.918. The van der Waals surface area contributed by atoms with Gasteiger partial charge in [0.2, 0.25) is 5.91 Å². The molecule has 1 aromatic rings. The van der Waals surface area contributed by atoms with Crippen LogP contribution in [0.1, 0.15) is 32.1 Å². The van der Waals surface area contributed by atoms with Crippen molar-refractivity contribution < 1.29 is 9.90 Å². The maximum atomic E-state index is 12.3. The van der Waals surface area contributed by atoms with Crippen molar-refractivity contribution in [2.45, 2.75) is 44.8 Å². The number of aliphatic hydroxyl groups excluding tert-OH is 1. The summed E-state index contributed by atoms with van der Waals surface area (Å²) in [6, 6.07) is 0. The van der Waals surface area contributed by atoms with Crippen LogP contribution in [0.15, 0.2) is 12.4 Å². The number of carbonyl (C=O) groups is 1. The van der Waals surface area contributed by atoms with Gasteiger partial charge < -0.3 is 15.3 Å². The van der Waals surface area contributed by atoms with Crippen molar-refractivity contribution in [3.63, 3.8) is 0 Å². The number of hydrogen-bond donors (Lipinski definition) is 2. The van der Waals surface area contributed by atoms with Gasteiger partial charge in [-0.15, -0.1) is 0 Å². The molecule has 1 unspecified atom stereocenters. The molecule has 0 radical (unpaired) electrons. The van der Waals surface area contributed by atoms with E-state index in [2.05, 4.69) is 10.4 Å². The van der Waals surface area contributed by atoms with Crippen molar-refractivity contribution in [2.24, 2.45) is 11.8 Å². The summed E-state index contributed by atoms with van der Waals surface area (Å²) in [6.07, 6.45) is 7.49. The molecule has 0 saturated carbocycles. The van der Waals surface area contributed by atoms with Gasteiger partial charge >= 0.3 is 0 Å². The number of rotatable bonds is 5. The van der Waals surface area contributed by atoms with Gasteiger partial charge in [0.1, 0.15) is 0 Å². The molecule has 134 valence electrons. The number of hydrogen-bond acceptors (Lipinski definition) is 4. The molecule has 0 aromatic carbocycles. The first-order chi connectivity index (χ1) is 11.6. The van der Waals surface area contributed by atoms with Crippen LogP contribution in [0.5, 0.6) is 0 Å². The van der Waals surface area contributed by atoms with Crippen molar-refractivity contribution in [3.05, 3.63) is 17.4 Å². The number of amides is 1. The molecule has 0 bridgehead atoms. The average molecular weight is 355 g/mol. The lowest BCUT2D eigenvalue weighted by molar-refractivity contribution is -0.133. The molecule has 2 aliphatic rings. The average Bonchev–Trinajstić information content (AvgIpc) is 3.05. The molecule has 0 aliphatic carbocycles. The SMILES string of the molecule is O=C(CCn1cc(Cl)cn1)N1CCC(C(O)C2CCNCC2)CC1. The number of nitrogens with one attached hydrogen (secondary N) is 1. The minimum absolute atomic E-state index is 0.163. The quantitative estimate of drug-likeness (QED) is 0.841. The fraction of sp³-hybridized carbons (Fsp3) is 0.765. The Morgan fingerprint density at radius 1 is 1.29 bits per heavy atom. The van der Waals surface area contributed by atoms with Crippen LogP contribution in [0.3, 0.4) is 0 Å². The minimum Gasteiger partial charge on any atom is -0.393 e. The van der Waals surface area contributed by atoms with E-state index >= 15 is 0 Å². The number of aryl methyl sites for hydroxylation is 1. The summed E-state index contributed by atoms with van der Waals surface area (Å²) in [4.78, 5) is 14.3. The second-order valence-electron chi connectivity index (χ2n) is 6.97. The number of carbonyl (C=O) groups excluding carboxylic acids is 1. The molecule has 3 rings (SSSR count). The molecule has 1 atom stereocenters. The van der Waals surface area contributed by atoms with Crippen LogP contribution in [-0.4, -0.2) is 58.0 Å². The van der Waals surface area contributed by atoms with E-state index in [9.17, 15) is 9.90 Å². The molecule has 2 N–H and O–H groups in total. The Labute approximate surface area is 148 Å². The van der Waals surface area contributed by atoms with Gasteiger partial charge in [0.15, 0.2) is 0 Å². The normalized spacial score (nSPS) is 21.8. The lowest BCUT2D eigenvalue weighted by Crippen LogP contribution is -2.44. The van der Waals surface area contributed by atoms with Gasteiger partial charge in [-0.3, -0.25) is 9.48 Å². The van der Waals surface area contributed by atoms with Crippen LogP contribution in [0.25, 0.3) is 0 Å². The van der Waals surface area contributed by atoms with Crippen LogP contribution in [0, 0.1) is 11.8 Å². The number of halogens is 1. The van der Waals surface area contributed by atoms with Crippen LogP contribution in [0.2, 0.25) is 5.02 Å². The Bertz CT molecular complexity index is 536. The largest absolute Gasteiger partial charge is 0.393 e. The third-order valence-electron chi connectivity index (χ3n) is 5.40. The number of aromatic nitrogens is 2. The van der Waals surface area contributed by atoms with Gasteiger partial charge in [0, 0.05) is 32.3 Å². The molecule has 24 heavy (non-hydrogen) atoms. The fourth-order valence-corrected chi connectivity index (χ4v) is 4.05. The number of piperidine rings is 2. The van der Waals surface area contributed by atoms with Crippen LogP contribution < -0.4 is 5.32 Å². The Hall–Kier alpha value is -1.11. The maximum Gasteiger partial charge on any atom is 0.224 e. The number of aliphatic hydroxyl groups is 1. The van der Waals surface area contributed by atoms with E-state index in [0.29, 0.717) is 29.8 Å². The lowest BCUT2D eigenvalue weighted by atomic mass is 9.80. The smallest absolute Gasteiger partial charge is 0.224 e. The zero-order valence-electron chi connectivity index (χ0n) is 14.0. The summed E-state index contributed by atoms with van der Waals surface area (Å²) >= 11 is 5.83. The van der Waals surface area contributed by atoms with Crippen LogP contribution in [0.4, 0.5) is 0 Å². The van der Waals surface area contributed by atoms with Gasteiger partial charge in [-0.05, 0) is 50.6 Å². The predicted molar refractivity (Wildman–Crippen MR) is 92.8 cm³/mol. The van der Waals surface area contributed by atoms with Gasteiger partial charge in [-0.1, -0.05) is 11.6 Å². The standard InChI is InChI=1S/C17H27ClN4O2/c18-15-11-20-22(12-15)10-5-16(23)21-8-3-14(4-9-21)17(24)13-1-6-19-7-2-13/h11-14,17,19,24H,1-10H2. The Balaban J connectivity index is 1.41. The van der Waals surface area contributed by atoms with E-state index < -0.39 is 0 Å². The summed E-state index contributed by atoms with van der Waals surface area (Å²) in [5, 5.41) is 18.7. The zero-order chi connectivity index (χ0) is 16.9. The molecule has 2 aliphatic heterocycles. The van der Waals surface area contributed by atoms with E-state index in [1.807, 2.05) is 4.90 Å². The summed E-state index contributed by atoms with van der Waals surface area (Å²) in [5.41, 5.74) is 0. The minimum atomic E-state index is -0.212. The van der Waals surface area contributed by atoms with Crippen molar-refractivity contribution >= 4 is 17.5 Å². The van der Waals surface area contributed by atoms with E-state index in [-0.39, 0.29) is 12.0 Å². The first-order valence-electron chi connectivity index (χ1n) is 8.98. The molecular weight excluding hydrogens is 328 g/mol. The van der Waals surface area contributed by atoms with Gasteiger partial charge in [0.25, 0.3) is 0 Å². The van der Waals surface area contributed by atoms with E-state index in [4.69, 9.17) is 11.6 Å². The van der Waals surface area contributed by atoms with Crippen LogP contribution in [-0.2, 0) is 11.3 Å².